The molecule has 0 fully saturated rings. The molecule has 0 aliphatic rings. The first-order chi connectivity index (χ1) is 14.4. The van der Waals surface area contributed by atoms with Crippen molar-refractivity contribution in [3.63, 3.8) is 0 Å². The molecule has 0 aliphatic carbocycles. The van der Waals surface area contributed by atoms with E-state index in [0.29, 0.717) is 5.75 Å². The highest BCUT2D eigenvalue weighted by Gasteiger charge is 2.38. The van der Waals surface area contributed by atoms with Crippen LogP contribution < -0.4 is 20.9 Å². The number of methoxy groups -OCH3 is 1. The molecule has 0 heterocycles. The monoisotopic (exact) mass is 443 g/mol. The first kappa shape index (κ1) is 23.2. The Morgan fingerprint density at radius 1 is 1.16 bits per heavy atom. The van der Waals surface area contributed by atoms with Gasteiger partial charge in [-0.2, -0.15) is 13.2 Å². The van der Waals surface area contributed by atoms with Gasteiger partial charge in [-0.05, 0) is 12.1 Å². The number of nitro benzene ring substituents is 2. The van der Waals surface area contributed by atoms with Gasteiger partial charge in [0.25, 0.3) is 0 Å². The second-order valence-electron chi connectivity index (χ2n) is 6.08. The van der Waals surface area contributed by atoms with E-state index >= 15 is 0 Å². The van der Waals surface area contributed by atoms with E-state index in [-0.39, 0.29) is 30.8 Å². The maximum absolute atomic E-state index is 13.1. The summed E-state index contributed by atoms with van der Waals surface area (Å²) in [5.41, 5.74) is 3.09. The van der Waals surface area contributed by atoms with Gasteiger partial charge in [0.05, 0.1) is 28.2 Å². The third-order valence-corrected chi connectivity index (χ3v) is 4.01. The molecular weight excluding hydrogens is 427 g/mol. The number of nitrogens with two attached hydrogens (primary N) is 1. The first-order valence-corrected chi connectivity index (χ1v) is 8.44. The second-order valence-corrected chi connectivity index (χ2v) is 6.08. The maximum Gasteiger partial charge on any atom is 0.416 e. The van der Waals surface area contributed by atoms with Crippen molar-refractivity contribution in [2.75, 3.05) is 24.1 Å². The third kappa shape index (κ3) is 5.71. The minimum Gasteiger partial charge on any atom is -0.497 e. The van der Waals surface area contributed by atoms with Gasteiger partial charge < -0.3 is 10.5 Å². The summed E-state index contributed by atoms with van der Waals surface area (Å²) in [6.07, 6.45) is -5.32. The van der Waals surface area contributed by atoms with Gasteiger partial charge >= 0.3 is 17.6 Å². The number of anilines is 2. The number of benzene rings is 2. The van der Waals surface area contributed by atoms with E-state index in [1.807, 2.05) is 0 Å². The molecule has 2 aromatic rings. The molecule has 0 aromatic heterocycles. The van der Waals surface area contributed by atoms with E-state index in [1.165, 1.54) is 25.3 Å². The van der Waals surface area contributed by atoms with Crippen LogP contribution in [0.25, 0.3) is 0 Å². The fraction of sp³-hybridized carbons (Fsp3) is 0.235. The van der Waals surface area contributed by atoms with E-state index in [0.717, 1.165) is 5.01 Å². The van der Waals surface area contributed by atoms with Crippen molar-refractivity contribution in [2.45, 2.75) is 12.6 Å². The average Bonchev–Trinajstić information content (AvgIpc) is 2.69. The molecule has 11 nitrogen and oxygen atoms in total. The van der Waals surface area contributed by atoms with Crippen LogP contribution in [0.4, 0.5) is 35.9 Å². The molecule has 0 saturated heterocycles. The Morgan fingerprint density at radius 3 is 2.19 bits per heavy atom. The number of carbonyl (C=O) groups is 1. The Labute approximate surface area is 172 Å². The molecule has 0 saturated carbocycles. The topological polar surface area (TPSA) is 154 Å². The van der Waals surface area contributed by atoms with Crippen LogP contribution in [0.5, 0.6) is 5.75 Å². The van der Waals surface area contributed by atoms with E-state index in [1.54, 1.807) is 6.07 Å². The van der Waals surface area contributed by atoms with Gasteiger partial charge in [-0.15, -0.1) is 0 Å². The van der Waals surface area contributed by atoms with Crippen molar-refractivity contribution in [1.29, 1.82) is 0 Å². The van der Waals surface area contributed by atoms with Crippen LogP contribution in [-0.4, -0.2) is 29.4 Å². The molecule has 0 bridgehead atoms. The van der Waals surface area contributed by atoms with E-state index in [9.17, 15) is 38.2 Å². The van der Waals surface area contributed by atoms with E-state index in [2.05, 4.69) is 5.43 Å². The summed E-state index contributed by atoms with van der Waals surface area (Å²) in [6, 6.07) is 6.40. The van der Waals surface area contributed by atoms with Crippen LogP contribution in [0.2, 0.25) is 0 Å². The lowest BCUT2D eigenvalue weighted by molar-refractivity contribution is -0.392. The second kappa shape index (κ2) is 9.15. The Bertz CT molecular complexity index is 979. The van der Waals surface area contributed by atoms with Gasteiger partial charge in [0.1, 0.15) is 5.75 Å². The van der Waals surface area contributed by atoms with Gasteiger partial charge in [-0.25, -0.2) is 0 Å². The molecule has 1 amide bonds. The van der Waals surface area contributed by atoms with Crippen molar-refractivity contribution >= 4 is 28.7 Å². The minimum absolute atomic E-state index is 0.188. The van der Waals surface area contributed by atoms with Crippen molar-refractivity contribution in [3.8, 4) is 5.75 Å². The average molecular weight is 443 g/mol. The minimum atomic E-state index is -5.05. The van der Waals surface area contributed by atoms with E-state index < -0.39 is 44.6 Å². The fourth-order valence-electron chi connectivity index (χ4n) is 2.56. The van der Waals surface area contributed by atoms with Crippen LogP contribution in [-0.2, 0) is 11.0 Å². The molecule has 0 unspecified atom stereocenters. The van der Waals surface area contributed by atoms with Gasteiger partial charge in [0.15, 0.2) is 0 Å². The quantitative estimate of drug-likeness (QED) is 0.442. The van der Waals surface area contributed by atoms with Crippen molar-refractivity contribution in [1.82, 2.24) is 0 Å². The molecule has 14 heteroatoms. The molecular formula is C17H16F3N5O6. The number of nitrogens with one attached hydrogen (secondary N) is 1. The number of rotatable bonds is 9. The summed E-state index contributed by atoms with van der Waals surface area (Å²) in [7, 11) is 1.37. The van der Waals surface area contributed by atoms with E-state index in [4.69, 9.17) is 10.5 Å². The summed E-state index contributed by atoms with van der Waals surface area (Å²) in [6.45, 7) is -0.210. The molecule has 0 aliphatic heterocycles. The predicted molar refractivity (Wildman–Crippen MR) is 103 cm³/mol. The normalized spacial score (nSPS) is 11.0. The number of carbonyl (C=O) groups excluding carboxylic acids is 1. The number of hydrazine groups is 1. The molecule has 166 valence electrons. The largest absolute Gasteiger partial charge is 0.497 e. The fourth-order valence-corrected chi connectivity index (χ4v) is 2.56. The number of ether oxygens (including phenoxy) is 1. The highest BCUT2D eigenvalue weighted by atomic mass is 19.4. The molecule has 0 spiro atoms. The molecule has 2 rings (SSSR count). The van der Waals surface area contributed by atoms with Gasteiger partial charge in [-0.1, -0.05) is 6.07 Å². The van der Waals surface area contributed by atoms with Crippen LogP contribution in [0, 0.1) is 20.2 Å². The Morgan fingerprint density at radius 2 is 1.74 bits per heavy atom. The van der Waals surface area contributed by atoms with Gasteiger partial charge in [0.2, 0.25) is 11.6 Å². The zero-order valence-corrected chi connectivity index (χ0v) is 15.9. The Kier molecular flexibility index (Phi) is 6.84. The molecule has 31 heavy (non-hydrogen) atoms. The number of amides is 1. The van der Waals surface area contributed by atoms with Crippen molar-refractivity contribution < 1.29 is 32.5 Å². The van der Waals surface area contributed by atoms with Crippen LogP contribution >= 0.6 is 0 Å². The Balaban J connectivity index is 2.64. The van der Waals surface area contributed by atoms with Crippen LogP contribution in [0.1, 0.15) is 12.0 Å². The Hall–Kier alpha value is -4.10. The lowest BCUT2D eigenvalue weighted by atomic mass is 10.1. The molecule has 2 aromatic carbocycles. The number of nitrogens with zero attached hydrogens (tertiary/aromatic N) is 3. The van der Waals surface area contributed by atoms with Gasteiger partial charge in [0, 0.05) is 31.2 Å². The first-order valence-electron chi connectivity index (χ1n) is 8.44. The summed E-state index contributed by atoms with van der Waals surface area (Å²) in [4.78, 5) is 31.7. The predicted octanol–water partition coefficient (Wildman–Crippen LogP) is 3.24. The number of alkyl halides is 3. The highest BCUT2D eigenvalue weighted by molar-refractivity contribution is 5.78. The molecule has 0 radical (unpaired) electrons. The van der Waals surface area contributed by atoms with Crippen molar-refractivity contribution in [3.05, 3.63) is 62.2 Å². The smallest absolute Gasteiger partial charge is 0.416 e. The molecule has 0 atom stereocenters. The van der Waals surface area contributed by atoms with Crippen molar-refractivity contribution in [2.24, 2.45) is 5.73 Å². The zero-order chi connectivity index (χ0) is 23.3. The number of hydrogen-bond donors (Lipinski definition) is 2. The van der Waals surface area contributed by atoms with Crippen LogP contribution in [0.3, 0.4) is 0 Å². The van der Waals surface area contributed by atoms with Gasteiger partial charge in [-0.3, -0.25) is 35.5 Å². The van der Waals surface area contributed by atoms with Crippen LogP contribution in [0.15, 0.2) is 36.4 Å². The summed E-state index contributed by atoms with van der Waals surface area (Å²) in [5, 5.41) is 24.0. The summed E-state index contributed by atoms with van der Waals surface area (Å²) < 4.78 is 44.3. The molecule has 3 N–H and O–H groups in total. The number of primary amides is 1. The maximum atomic E-state index is 13.1. The lowest BCUT2D eigenvalue weighted by Crippen LogP contribution is -2.34. The zero-order valence-electron chi connectivity index (χ0n) is 15.9. The number of halogens is 3. The summed E-state index contributed by atoms with van der Waals surface area (Å²) >= 11 is 0. The summed E-state index contributed by atoms with van der Waals surface area (Å²) in [5.74, 6) is -0.397. The lowest BCUT2D eigenvalue weighted by Gasteiger charge is -2.26. The highest BCUT2D eigenvalue weighted by Crippen LogP contribution is 2.41. The SMILES string of the molecule is COc1cccc(N(CCC(N)=O)Nc2c([N+](=O)[O-])cc(C(F)(F)F)cc2[N+](=O)[O-])c1. The number of nitro groups is 2. The number of hydrogen-bond acceptors (Lipinski definition) is 8. The standard InChI is InChI=1S/C17H16F3N5O6/c1-31-12-4-2-3-11(9-12)23(6-5-15(21)26)22-16-13(24(27)28)7-10(17(18,19)20)8-14(16)25(29)30/h2-4,7-9,22H,5-6H2,1H3,(H2,21,26). The third-order valence-electron chi connectivity index (χ3n) is 4.01.